The molecule has 4 saturated heterocycles. The van der Waals surface area contributed by atoms with Crippen molar-refractivity contribution in [2.45, 2.75) is 297 Å². The fraction of sp³-hybridized carbons (Fsp3) is 0.929. The number of unbranched alkanes of at least 4 members (excludes halogenated alkanes) is 19. The highest BCUT2D eigenvalue weighted by Crippen LogP contribution is 2.35. The van der Waals surface area contributed by atoms with E-state index in [4.69, 9.17) is 37.9 Å². The Morgan fingerprint density at radius 1 is 0.481 bits per heavy atom. The summed E-state index contributed by atoms with van der Waals surface area (Å²) in [6.07, 6.45) is -8.09. The van der Waals surface area contributed by atoms with Gasteiger partial charge in [0, 0.05) is 13.3 Å². The van der Waals surface area contributed by atoms with Gasteiger partial charge < -0.3 is 115 Å². The molecular weight excluding hydrogens is 1070 g/mol. The van der Waals surface area contributed by atoms with Crippen molar-refractivity contribution in [3.05, 3.63) is 12.2 Å². The van der Waals surface area contributed by atoms with Crippen LogP contribution in [0.3, 0.4) is 0 Å². The molecule has 4 aliphatic rings. The minimum absolute atomic E-state index is 0.215. The van der Waals surface area contributed by atoms with Crippen molar-refractivity contribution in [2.75, 3.05) is 33.0 Å². The highest BCUT2D eigenvalue weighted by atomic mass is 16.8. The van der Waals surface area contributed by atoms with Crippen LogP contribution >= 0.6 is 0 Å². The normalized spacial score (nSPS) is 35.5. The number of nitrogens with one attached hydrogen (secondary N) is 2. The van der Waals surface area contributed by atoms with Gasteiger partial charge in [-0.15, -0.1) is 0 Å². The van der Waals surface area contributed by atoms with Crippen molar-refractivity contribution in [2.24, 2.45) is 0 Å². The minimum Gasteiger partial charge on any atom is -0.394 e. The molecule has 0 aliphatic carbocycles. The minimum atomic E-state index is -2.09. The quantitative estimate of drug-likeness (QED) is 0.0271. The average Bonchev–Trinajstić information content (AvgIpc) is 3.55. The van der Waals surface area contributed by atoms with E-state index in [0.717, 1.165) is 51.9 Å². The Labute approximate surface area is 477 Å². The van der Waals surface area contributed by atoms with Gasteiger partial charge in [-0.25, -0.2) is 0 Å². The van der Waals surface area contributed by atoms with Crippen molar-refractivity contribution in [3.8, 4) is 0 Å². The lowest BCUT2D eigenvalue weighted by atomic mass is 9.94. The molecule has 0 saturated carbocycles. The molecule has 0 aromatic rings. The van der Waals surface area contributed by atoms with Gasteiger partial charge >= 0.3 is 0 Å². The van der Waals surface area contributed by atoms with Crippen molar-refractivity contribution in [1.29, 1.82) is 0 Å². The summed E-state index contributed by atoms with van der Waals surface area (Å²) in [4.78, 5) is 25.8. The monoisotopic (exact) mass is 1170 g/mol. The molecule has 81 heavy (non-hydrogen) atoms. The zero-order valence-corrected chi connectivity index (χ0v) is 47.8. The molecule has 0 aromatic carbocycles. The van der Waals surface area contributed by atoms with Crippen LogP contribution in [0.5, 0.6) is 0 Å². The van der Waals surface area contributed by atoms with E-state index >= 15 is 0 Å². The maximum atomic E-state index is 13.3. The first-order chi connectivity index (χ1) is 39.0. The SMILES string of the molecule is CCCCCCCCCCCCC/C=C/[C@@H](O)[C@H](CO[C@@H]1O[C@H](CO)[C@@H](O[C@@H]2O[C@H](CO)[C@H](O[C@@H]3O[C@H](CO)[C@H](O)[C@H](O[C@@H]4O[C@H](CO)[C@H](O)[C@H](O)[C@H]4O)[C@H]3NC(C)=O)[C@H](O)[C@H]2O)[C@H](O)C1O)NC(=O)CCCCCCCCCCC. The summed E-state index contributed by atoms with van der Waals surface area (Å²) >= 11 is 0. The molecule has 0 radical (unpaired) electrons. The Kier molecular flexibility index (Phi) is 34.2. The molecule has 0 aromatic heterocycles. The molecule has 0 bridgehead atoms. The second-order valence-corrected chi connectivity index (χ2v) is 22.2. The van der Waals surface area contributed by atoms with Gasteiger partial charge in [-0.1, -0.05) is 142 Å². The molecule has 25 heteroatoms. The molecule has 2 amide bonds. The Bertz CT molecular complexity index is 1720. The van der Waals surface area contributed by atoms with E-state index < -0.39 is 174 Å². The van der Waals surface area contributed by atoms with Crippen molar-refractivity contribution in [1.82, 2.24) is 10.6 Å². The summed E-state index contributed by atoms with van der Waals surface area (Å²) in [6, 6.07) is -2.62. The van der Waals surface area contributed by atoms with Crippen LogP contribution in [0.1, 0.15) is 162 Å². The van der Waals surface area contributed by atoms with Crippen LogP contribution in [0.4, 0.5) is 0 Å². The molecule has 4 heterocycles. The number of ether oxygens (including phenoxy) is 8. The third kappa shape index (κ3) is 22.6. The maximum Gasteiger partial charge on any atom is 0.220 e. The standard InChI is InChI=1S/C56H102N2O23/c1-4-6-8-10-12-14-15-16-17-19-20-22-24-26-35(64)34(58-40(65)27-25-23-21-18-13-11-9-7-5-2)32-74-54-48(72)45(69)51(38(30-61)77-54)80-56-49(73)46(70)50(39(31-62)78-56)79-53-41(57-33(3)63)52(43(67)37(29-60)75-53)81-55-47(71)44(68)42(66)36(28-59)76-55/h24,26,34-39,41-56,59-62,64,66-73H,4-23,25,27-32H2,1-3H3,(H,57,63)(H,58,65)/b26-24+/t34-,35+,36+,37+,38+,39+,41+,42-,43-,44-,45+,46+,47+,48?,49+,50-,51+,52+,53-,54+,55-,56-/m0/s1. The number of hydrogen-bond acceptors (Lipinski definition) is 23. The van der Waals surface area contributed by atoms with E-state index in [0.29, 0.717) is 12.8 Å². The smallest absolute Gasteiger partial charge is 0.220 e. The van der Waals surface area contributed by atoms with Crippen molar-refractivity contribution < 1.29 is 114 Å². The molecular formula is C56H102N2O23. The molecule has 0 spiro atoms. The van der Waals surface area contributed by atoms with Crippen LogP contribution in [0.25, 0.3) is 0 Å². The Morgan fingerprint density at radius 3 is 1.40 bits per heavy atom. The van der Waals surface area contributed by atoms with E-state index in [1.807, 2.05) is 6.08 Å². The average molecular weight is 1170 g/mol. The predicted octanol–water partition coefficient (Wildman–Crippen LogP) is -0.557. The summed E-state index contributed by atoms with van der Waals surface area (Å²) < 4.78 is 46.6. The number of aliphatic hydroxyl groups excluding tert-OH is 13. The van der Waals surface area contributed by atoms with Crippen LogP contribution < -0.4 is 10.6 Å². The first-order valence-electron chi connectivity index (χ1n) is 29.9. The van der Waals surface area contributed by atoms with Crippen molar-refractivity contribution in [3.63, 3.8) is 0 Å². The Balaban J connectivity index is 1.39. The zero-order valence-electron chi connectivity index (χ0n) is 47.8. The number of carbonyl (C=O) groups excluding carboxylic acids is 2. The number of allylic oxidation sites excluding steroid dienone is 1. The highest BCUT2D eigenvalue weighted by molar-refractivity contribution is 5.76. The highest BCUT2D eigenvalue weighted by Gasteiger charge is 2.56. The molecule has 15 N–H and O–H groups in total. The van der Waals surface area contributed by atoms with Crippen LogP contribution in [-0.4, -0.2) is 246 Å². The summed E-state index contributed by atoms with van der Waals surface area (Å²) in [5.41, 5.74) is 0. The van der Waals surface area contributed by atoms with Crippen LogP contribution in [0.2, 0.25) is 0 Å². The third-order valence-corrected chi connectivity index (χ3v) is 15.6. The molecule has 4 aliphatic heterocycles. The predicted molar refractivity (Wildman–Crippen MR) is 289 cm³/mol. The maximum absolute atomic E-state index is 13.3. The first kappa shape index (κ1) is 71.3. The second-order valence-electron chi connectivity index (χ2n) is 22.2. The van der Waals surface area contributed by atoms with Crippen LogP contribution in [0.15, 0.2) is 12.2 Å². The van der Waals surface area contributed by atoms with Gasteiger partial charge in [-0.2, -0.15) is 0 Å². The van der Waals surface area contributed by atoms with Gasteiger partial charge in [-0.05, 0) is 19.3 Å². The summed E-state index contributed by atoms with van der Waals surface area (Å²) in [5, 5.41) is 146. The van der Waals surface area contributed by atoms with E-state index in [-0.39, 0.29) is 12.3 Å². The Hall–Kier alpha value is -2.16. The van der Waals surface area contributed by atoms with E-state index in [9.17, 15) is 76.0 Å². The van der Waals surface area contributed by atoms with Crippen molar-refractivity contribution >= 4 is 11.8 Å². The molecule has 25 nitrogen and oxygen atoms in total. The lowest BCUT2D eigenvalue weighted by Gasteiger charge is -2.50. The number of aliphatic hydroxyl groups is 13. The van der Waals surface area contributed by atoms with Gasteiger partial charge in [0.15, 0.2) is 25.2 Å². The molecule has 474 valence electrons. The van der Waals surface area contributed by atoms with Gasteiger partial charge in [0.25, 0.3) is 0 Å². The third-order valence-electron chi connectivity index (χ3n) is 15.6. The van der Waals surface area contributed by atoms with E-state index in [1.54, 1.807) is 6.08 Å². The topological polar surface area (TPSA) is 395 Å². The lowest BCUT2D eigenvalue weighted by Crippen LogP contribution is -2.70. The summed E-state index contributed by atoms with van der Waals surface area (Å²) in [6.45, 7) is 1.53. The van der Waals surface area contributed by atoms with Gasteiger partial charge in [0.05, 0.1) is 45.2 Å². The second kappa shape index (κ2) is 38.8. The molecule has 4 fully saturated rings. The summed E-state index contributed by atoms with van der Waals surface area (Å²) in [5.74, 6) is -1.07. The summed E-state index contributed by atoms with van der Waals surface area (Å²) in [7, 11) is 0. The number of hydrogen-bond donors (Lipinski definition) is 15. The molecule has 1 unspecified atom stereocenters. The van der Waals surface area contributed by atoms with E-state index in [2.05, 4.69) is 24.5 Å². The molecule has 4 rings (SSSR count). The van der Waals surface area contributed by atoms with Crippen LogP contribution in [0, 0.1) is 0 Å². The van der Waals surface area contributed by atoms with Gasteiger partial charge in [0.1, 0.15) is 97.6 Å². The number of amides is 2. The first-order valence-corrected chi connectivity index (χ1v) is 29.9. The fourth-order valence-electron chi connectivity index (χ4n) is 10.7. The van der Waals surface area contributed by atoms with Gasteiger partial charge in [0.2, 0.25) is 11.8 Å². The largest absolute Gasteiger partial charge is 0.394 e. The van der Waals surface area contributed by atoms with Crippen LogP contribution in [-0.2, 0) is 47.5 Å². The van der Waals surface area contributed by atoms with Gasteiger partial charge in [-0.3, -0.25) is 9.59 Å². The lowest BCUT2D eigenvalue weighted by molar-refractivity contribution is -0.380. The number of carbonyl (C=O) groups is 2. The molecule has 22 atom stereocenters. The fourth-order valence-corrected chi connectivity index (χ4v) is 10.7. The Morgan fingerprint density at radius 2 is 0.889 bits per heavy atom. The van der Waals surface area contributed by atoms with E-state index in [1.165, 1.54) is 77.0 Å². The number of rotatable bonds is 39. The zero-order chi connectivity index (χ0) is 59.4.